The molecule has 18 heavy (non-hydrogen) atoms. The number of nitrogens with zero attached hydrogens (tertiary/aromatic N) is 3. The van der Waals surface area contributed by atoms with Gasteiger partial charge in [0.1, 0.15) is 6.33 Å². The normalized spacial score (nSPS) is 11.0. The number of rotatable bonds is 4. The molecule has 1 heterocycles. The van der Waals surface area contributed by atoms with Gasteiger partial charge in [-0.25, -0.2) is 0 Å². The van der Waals surface area contributed by atoms with E-state index in [1.807, 2.05) is 47.4 Å². The van der Waals surface area contributed by atoms with E-state index in [0.717, 1.165) is 16.3 Å². The molecule has 1 aromatic heterocycles. The molecule has 0 fully saturated rings. The summed E-state index contributed by atoms with van der Waals surface area (Å²) in [6.07, 6.45) is 3.60. The zero-order valence-corrected chi connectivity index (χ0v) is 11.4. The van der Waals surface area contributed by atoms with E-state index in [1.54, 1.807) is 6.33 Å². The first-order valence-corrected chi connectivity index (χ1v) is 6.54. The van der Waals surface area contributed by atoms with E-state index < -0.39 is 0 Å². The average molecular weight is 278 g/mol. The molecule has 1 aromatic carbocycles. The van der Waals surface area contributed by atoms with Crippen LogP contribution in [0.25, 0.3) is 5.57 Å². The number of benzene rings is 1. The molecule has 0 saturated carbocycles. The summed E-state index contributed by atoms with van der Waals surface area (Å²) >= 11 is 7.43. The van der Waals surface area contributed by atoms with Crippen LogP contribution in [0.2, 0.25) is 5.02 Å². The molecular weight excluding hydrogens is 266 g/mol. The molecule has 0 bridgehead atoms. The van der Waals surface area contributed by atoms with Crippen LogP contribution >= 0.6 is 23.4 Å². The Balaban J connectivity index is 2.02. The summed E-state index contributed by atoms with van der Waals surface area (Å²) in [5.74, 6) is 0. The Kier molecular flexibility index (Phi) is 4.23. The maximum Gasteiger partial charge on any atom is 0.194 e. The molecule has 3 nitrogen and oxygen atoms in total. The highest BCUT2D eigenvalue weighted by atomic mass is 35.5. The second kappa shape index (κ2) is 5.89. The van der Waals surface area contributed by atoms with E-state index in [1.165, 1.54) is 11.8 Å². The van der Waals surface area contributed by atoms with Crippen LogP contribution in [-0.4, -0.2) is 14.8 Å². The summed E-state index contributed by atoms with van der Waals surface area (Å²) in [5, 5.41) is 11.3. The van der Waals surface area contributed by atoms with Gasteiger partial charge in [0, 0.05) is 12.1 Å². The van der Waals surface area contributed by atoms with Crippen LogP contribution in [0.15, 0.2) is 53.8 Å². The first-order chi connectivity index (χ1) is 8.66. The fraction of sp³-hybridized carbons (Fsp3) is 0.0769. The molecule has 0 unspecified atom stereocenters. The van der Waals surface area contributed by atoms with E-state index >= 15 is 0 Å². The van der Waals surface area contributed by atoms with Crippen LogP contribution in [-0.2, 0) is 7.05 Å². The number of aromatic nitrogens is 3. The second-order valence-corrected chi connectivity index (χ2v) is 4.99. The number of hydrogen-bond donors (Lipinski definition) is 0. The van der Waals surface area contributed by atoms with E-state index in [0.29, 0.717) is 5.02 Å². The summed E-state index contributed by atoms with van der Waals surface area (Å²) in [7, 11) is 1.90. The van der Waals surface area contributed by atoms with E-state index in [4.69, 9.17) is 11.6 Å². The van der Waals surface area contributed by atoms with Crippen LogP contribution in [0.5, 0.6) is 0 Å². The first kappa shape index (κ1) is 12.9. The standard InChI is InChI=1S/C13H12ClN3S/c1-10(11-4-3-5-12(14)8-11)6-7-18-13-16-15-9-17(13)2/h3-9H,1H2,2H3/b7-6+. The smallest absolute Gasteiger partial charge is 0.194 e. The van der Waals surface area contributed by atoms with E-state index in [9.17, 15) is 0 Å². The highest BCUT2D eigenvalue weighted by molar-refractivity contribution is 8.02. The Bertz CT molecular complexity index is 589. The van der Waals surface area contributed by atoms with Gasteiger partial charge in [0.05, 0.1) is 0 Å². The monoisotopic (exact) mass is 277 g/mol. The third-order valence-electron chi connectivity index (χ3n) is 2.31. The lowest BCUT2D eigenvalue weighted by atomic mass is 10.1. The van der Waals surface area contributed by atoms with Gasteiger partial charge < -0.3 is 4.57 Å². The van der Waals surface area contributed by atoms with Crippen molar-refractivity contribution in [3.05, 3.63) is 59.2 Å². The van der Waals surface area contributed by atoms with Crippen molar-refractivity contribution in [2.75, 3.05) is 0 Å². The van der Waals surface area contributed by atoms with Crippen LogP contribution in [0.3, 0.4) is 0 Å². The molecule has 0 radical (unpaired) electrons. The van der Waals surface area contributed by atoms with Crippen LogP contribution in [0, 0.1) is 0 Å². The van der Waals surface area contributed by atoms with E-state index in [2.05, 4.69) is 16.8 Å². The molecule has 2 rings (SSSR count). The maximum atomic E-state index is 5.93. The third-order valence-corrected chi connectivity index (χ3v) is 3.40. The summed E-state index contributed by atoms with van der Waals surface area (Å²) in [6.45, 7) is 4.01. The van der Waals surface area contributed by atoms with Crippen LogP contribution in [0.1, 0.15) is 5.56 Å². The minimum Gasteiger partial charge on any atom is -0.312 e. The minimum absolute atomic E-state index is 0.711. The van der Waals surface area contributed by atoms with Gasteiger partial charge in [-0.15, -0.1) is 10.2 Å². The Morgan fingerprint density at radius 3 is 3.00 bits per heavy atom. The van der Waals surface area contributed by atoms with Gasteiger partial charge in [0.25, 0.3) is 0 Å². The van der Waals surface area contributed by atoms with Gasteiger partial charge in [-0.3, -0.25) is 0 Å². The highest BCUT2D eigenvalue weighted by Gasteiger charge is 1.99. The molecule has 0 amide bonds. The van der Waals surface area contributed by atoms with Gasteiger partial charge in [-0.1, -0.05) is 42.1 Å². The van der Waals surface area contributed by atoms with Crippen molar-refractivity contribution in [2.24, 2.45) is 7.05 Å². The van der Waals surface area contributed by atoms with Crippen molar-refractivity contribution in [1.82, 2.24) is 14.8 Å². The predicted molar refractivity (Wildman–Crippen MR) is 76.5 cm³/mol. The zero-order valence-electron chi connectivity index (χ0n) is 9.88. The quantitative estimate of drug-likeness (QED) is 0.629. The molecule has 0 spiro atoms. The van der Waals surface area contributed by atoms with Crippen LogP contribution < -0.4 is 0 Å². The topological polar surface area (TPSA) is 30.7 Å². The van der Waals surface area contributed by atoms with Crippen molar-refractivity contribution in [3.63, 3.8) is 0 Å². The lowest BCUT2D eigenvalue weighted by molar-refractivity contribution is 0.791. The highest BCUT2D eigenvalue weighted by Crippen LogP contribution is 2.21. The SMILES string of the molecule is C=C(/C=C/Sc1nncn1C)c1cccc(Cl)c1. The largest absolute Gasteiger partial charge is 0.312 e. The molecule has 0 aliphatic heterocycles. The second-order valence-electron chi connectivity index (χ2n) is 3.68. The number of allylic oxidation sites excluding steroid dienone is 2. The number of thioether (sulfide) groups is 1. The molecule has 0 atom stereocenters. The Hall–Kier alpha value is -1.52. The van der Waals surface area contributed by atoms with Crippen LogP contribution in [0.4, 0.5) is 0 Å². The fourth-order valence-electron chi connectivity index (χ4n) is 1.34. The van der Waals surface area contributed by atoms with Crippen molar-refractivity contribution < 1.29 is 0 Å². The Morgan fingerprint density at radius 1 is 1.50 bits per heavy atom. The molecule has 2 aromatic rings. The molecule has 5 heteroatoms. The van der Waals surface area contributed by atoms with Gasteiger partial charge in [-0.05, 0) is 34.8 Å². The molecule has 0 aliphatic rings. The Morgan fingerprint density at radius 2 is 2.33 bits per heavy atom. The van der Waals surface area contributed by atoms with Crippen molar-refractivity contribution in [2.45, 2.75) is 5.16 Å². The predicted octanol–water partition coefficient (Wildman–Crippen LogP) is 3.79. The molecule has 0 aliphatic carbocycles. The lowest BCUT2D eigenvalue weighted by Gasteiger charge is -2.00. The number of halogens is 1. The van der Waals surface area contributed by atoms with Gasteiger partial charge >= 0.3 is 0 Å². The third kappa shape index (κ3) is 3.24. The summed E-state index contributed by atoms with van der Waals surface area (Å²) in [6, 6.07) is 7.62. The lowest BCUT2D eigenvalue weighted by Crippen LogP contribution is -1.86. The number of hydrogen-bond acceptors (Lipinski definition) is 3. The summed E-state index contributed by atoms with van der Waals surface area (Å²) < 4.78 is 1.86. The first-order valence-electron chi connectivity index (χ1n) is 5.29. The Labute approximate surface area is 115 Å². The maximum absolute atomic E-state index is 5.93. The zero-order chi connectivity index (χ0) is 13.0. The molecule has 92 valence electrons. The summed E-state index contributed by atoms with van der Waals surface area (Å²) in [5.41, 5.74) is 1.92. The fourth-order valence-corrected chi connectivity index (χ4v) is 2.19. The van der Waals surface area contributed by atoms with Crippen molar-refractivity contribution >= 4 is 28.9 Å². The van der Waals surface area contributed by atoms with E-state index in [-0.39, 0.29) is 0 Å². The van der Waals surface area contributed by atoms with Gasteiger partial charge in [0.2, 0.25) is 0 Å². The van der Waals surface area contributed by atoms with Gasteiger partial charge in [-0.2, -0.15) is 0 Å². The molecule has 0 N–H and O–H groups in total. The van der Waals surface area contributed by atoms with Gasteiger partial charge in [0.15, 0.2) is 5.16 Å². The average Bonchev–Trinajstić information content (AvgIpc) is 2.75. The van der Waals surface area contributed by atoms with Crippen molar-refractivity contribution in [1.29, 1.82) is 0 Å². The molecular formula is C13H12ClN3S. The van der Waals surface area contributed by atoms with Crippen molar-refractivity contribution in [3.8, 4) is 0 Å². The number of aryl methyl sites for hydroxylation is 1. The molecule has 0 saturated heterocycles. The minimum atomic E-state index is 0.711. The summed E-state index contributed by atoms with van der Waals surface area (Å²) in [4.78, 5) is 0.